The van der Waals surface area contributed by atoms with Crippen molar-refractivity contribution in [1.29, 1.82) is 0 Å². The second kappa shape index (κ2) is 27.5. The standard InChI is InChI=1S/C33H66O2.H3N/c1-5-9-11-13-15-17-18-19-20-21-23-25-27-29-31(7-3)33(8-4,32(34)35)30-28-26-24-22-16-14-12-10-6-2;/h31H,5-30H2,1-4H3,(H,34,35);1H3. The van der Waals surface area contributed by atoms with Gasteiger partial charge in [-0.1, -0.05) is 175 Å². The molecule has 0 aliphatic rings. The Morgan fingerprint density at radius 1 is 0.556 bits per heavy atom. The van der Waals surface area contributed by atoms with E-state index in [-0.39, 0.29) is 12.1 Å². The molecular weight excluding hydrogens is 442 g/mol. The Morgan fingerprint density at radius 2 is 0.889 bits per heavy atom. The molecular formula is C33H69NO2. The minimum absolute atomic E-state index is 0. The SMILES string of the molecule is CCCCCCCCCCCCCCCC(CC)C(CC)(CCCCCCCCCCC)C(=O)[O-].[NH4+]. The molecule has 0 fully saturated rings. The second-order valence-corrected chi connectivity index (χ2v) is 11.5. The third-order valence-corrected chi connectivity index (χ3v) is 8.69. The molecule has 0 saturated carbocycles. The maximum absolute atomic E-state index is 12.3. The zero-order chi connectivity index (χ0) is 26.0. The Kier molecular flexibility index (Phi) is 28.7. The molecule has 0 aromatic rings. The topological polar surface area (TPSA) is 76.6 Å². The average Bonchev–Trinajstić information content (AvgIpc) is 2.86. The summed E-state index contributed by atoms with van der Waals surface area (Å²) in [5, 5.41) is 12.3. The molecule has 0 amide bonds. The van der Waals surface area contributed by atoms with Gasteiger partial charge in [-0.15, -0.1) is 0 Å². The summed E-state index contributed by atoms with van der Waals surface area (Å²) in [6.45, 7) is 8.82. The fraction of sp³-hybridized carbons (Fsp3) is 0.970. The van der Waals surface area contributed by atoms with Crippen LogP contribution in [0.25, 0.3) is 0 Å². The number of unbranched alkanes of at least 4 members (excludes halogenated alkanes) is 20. The van der Waals surface area contributed by atoms with Crippen LogP contribution < -0.4 is 11.3 Å². The van der Waals surface area contributed by atoms with E-state index >= 15 is 0 Å². The lowest BCUT2D eigenvalue weighted by atomic mass is 9.67. The summed E-state index contributed by atoms with van der Waals surface area (Å²) in [6, 6.07) is 0. The fourth-order valence-electron chi connectivity index (χ4n) is 6.11. The molecule has 0 aliphatic carbocycles. The van der Waals surface area contributed by atoms with E-state index in [9.17, 15) is 9.90 Å². The summed E-state index contributed by atoms with van der Waals surface area (Å²) in [7, 11) is 0. The molecule has 3 heteroatoms. The van der Waals surface area contributed by atoms with Gasteiger partial charge < -0.3 is 16.1 Å². The molecule has 36 heavy (non-hydrogen) atoms. The van der Waals surface area contributed by atoms with Crippen LogP contribution in [0.5, 0.6) is 0 Å². The zero-order valence-corrected chi connectivity index (χ0v) is 25.8. The lowest BCUT2D eigenvalue weighted by molar-refractivity contribution is -0.323. The molecule has 4 N–H and O–H groups in total. The Hall–Kier alpha value is -0.570. The average molecular weight is 512 g/mol. The van der Waals surface area contributed by atoms with Crippen molar-refractivity contribution < 1.29 is 9.90 Å². The van der Waals surface area contributed by atoms with Gasteiger partial charge in [-0.2, -0.15) is 0 Å². The first-order chi connectivity index (χ1) is 17.1. The number of hydrogen-bond donors (Lipinski definition) is 1. The molecule has 2 atom stereocenters. The lowest BCUT2D eigenvalue weighted by Gasteiger charge is -2.41. The van der Waals surface area contributed by atoms with Crippen molar-refractivity contribution in [3.05, 3.63) is 0 Å². The lowest BCUT2D eigenvalue weighted by Crippen LogP contribution is -2.47. The number of aliphatic carboxylic acids is 1. The number of carboxylic acid groups (broad SMARTS) is 1. The highest BCUT2D eigenvalue weighted by atomic mass is 16.4. The van der Waals surface area contributed by atoms with Crippen LogP contribution in [0.4, 0.5) is 0 Å². The molecule has 0 rings (SSSR count). The second-order valence-electron chi connectivity index (χ2n) is 11.5. The summed E-state index contributed by atoms with van der Waals surface area (Å²) in [6.07, 6.45) is 32.9. The van der Waals surface area contributed by atoms with Crippen molar-refractivity contribution in [3.63, 3.8) is 0 Å². The first kappa shape index (κ1) is 37.6. The molecule has 0 aromatic carbocycles. The third kappa shape index (κ3) is 18.6. The van der Waals surface area contributed by atoms with Crippen molar-refractivity contribution in [1.82, 2.24) is 6.15 Å². The van der Waals surface area contributed by atoms with E-state index in [0.29, 0.717) is 0 Å². The minimum Gasteiger partial charge on any atom is -0.550 e. The molecule has 2 unspecified atom stereocenters. The summed E-state index contributed by atoms with van der Waals surface area (Å²) in [5.74, 6) is -0.500. The van der Waals surface area contributed by atoms with Crippen LogP contribution in [0.3, 0.4) is 0 Å². The normalized spacial score (nSPS) is 13.8. The Balaban J connectivity index is 0. The van der Waals surface area contributed by atoms with E-state index in [1.54, 1.807) is 0 Å². The Morgan fingerprint density at radius 3 is 1.19 bits per heavy atom. The Labute approximate surface area is 228 Å². The van der Waals surface area contributed by atoms with E-state index in [1.165, 1.54) is 135 Å². The van der Waals surface area contributed by atoms with Gasteiger partial charge in [0.15, 0.2) is 0 Å². The van der Waals surface area contributed by atoms with Crippen LogP contribution >= 0.6 is 0 Å². The quantitative estimate of drug-likeness (QED) is 0.106. The molecule has 0 radical (unpaired) electrons. The molecule has 0 heterocycles. The van der Waals surface area contributed by atoms with E-state index < -0.39 is 11.4 Å². The van der Waals surface area contributed by atoms with Crippen LogP contribution in [-0.4, -0.2) is 5.97 Å². The van der Waals surface area contributed by atoms with Crippen molar-refractivity contribution in [3.8, 4) is 0 Å². The molecule has 0 aromatic heterocycles. The van der Waals surface area contributed by atoms with Gasteiger partial charge in [-0.3, -0.25) is 0 Å². The van der Waals surface area contributed by atoms with E-state index in [0.717, 1.165) is 32.1 Å². The highest BCUT2D eigenvalue weighted by Gasteiger charge is 2.36. The van der Waals surface area contributed by atoms with Gasteiger partial charge in [-0.25, -0.2) is 0 Å². The summed E-state index contributed by atoms with van der Waals surface area (Å²) < 4.78 is 0. The van der Waals surface area contributed by atoms with E-state index in [2.05, 4.69) is 27.7 Å². The predicted molar refractivity (Wildman–Crippen MR) is 160 cm³/mol. The van der Waals surface area contributed by atoms with Crippen molar-refractivity contribution >= 4 is 5.97 Å². The van der Waals surface area contributed by atoms with E-state index in [1.807, 2.05) is 0 Å². The first-order valence-electron chi connectivity index (χ1n) is 16.3. The highest BCUT2D eigenvalue weighted by Crippen LogP contribution is 2.41. The minimum atomic E-state index is -0.777. The molecule has 0 saturated heterocycles. The monoisotopic (exact) mass is 512 g/mol. The van der Waals surface area contributed by atoms with Crippen LogP contribution in [0, 0.1) is 11.3 Å². The van der Waals surface area contributed by atoms with Gasteiger partial charge in [0.25, 0.3) is 0 Å². The van der Waals surface area contributed by atoms with Crippen molar-refractivity contribution in [2.75, 3.05) is 0 Å². The number of carbonyl (C=O) groups is 1. The van der Waals surface area contributed by atoms with Crippen LogP contribution in [0.15, 0.2) is 0 Å². The van der Waals surface area contributed by atoms with Gasteiger partial charge in [0, 0.05) is 11.4 Å². The number of carbonyl (C=O) groups excluding carboxylic acids is 1. The van der Waals surface area contributed by atoms with Gasteiger partial charge in [0.2, 0.25) is 0 Å². The summed E-state index contributed by atoms with van der Waals surface area (Å²) >= 11 is 0. The Bertz CT molecular complexity index is 453. The first-order valence-corrected chi connectivity index (χ1v) is 16.3. The van der Waals surface area contributed by atoms with E-state index in [4.69, 9.17) is 0 Å². The van der Waals surface area contributed by atoms with Crippen LogP contribution in [-0.2, 0) is 4.79 Å². The third-order valence-electron chi connectivity index (χ3n) is 8.69. The molecule has 0 aliphatic heterocycles. The maximum atomic E-state index is 12.3. The fourth-order valence-corrected chi connectivity index (χ4v) is 6.11. The molecule has 0 bridgehead atoms. The molecule has 0 spiro atoms. The summed E-state index contributed by atoms with van der Waals surface area (Å²) in [4.78, 5) is 12.3. The summed E-state index contributed by atoms with van der Waals surface area (Å²) in [5.41, 5.74) is -0.604. The predicted octanol–water partition coefficient (Wildman–Crippen LogP) is 10.9. The molecule has 3 nitrogen and oxygen atoms in total. The van der Waals surface area contributed by atoms with Gasteiger partial charge in [0.1, 0.15) is 0 Å². The smallest absolute Gasteiger partial charge is 0.0478 e. The highest BCUT2D eigenvalue weighted by molar-refractivity contribution is 5.72. The maximum Gasteiger partial charge on any atom is 0.0478 e. The van der Waals surface area contributed by atoms with Gasteiger partial charge in [-0.05, 0) is 25.2 Å². The molecule has 218 valence electrons. The van der Waals surface area contributed by atoms with Gasteiger partial charge >= 0.3 is 0 Å². The number of rotatable bonds is 28. The van der Waals surface area contributed by atoms with Crippen LogP contribution in [0.2, 0.25) is 0 Å². The van der Waals surface area contributed by atoms with Crippen molar-refractivity contribution in [2.24, 2.45) is 11.3 Å². The number of hydrogen-bond acceptors (Lipinski definition) is 2. The van der Waals surface area contributed by atoms with Crippen molar-refractivity contribution in [2.45, 2.75) is 195 Å². The zero-order valence-electron chi connectivity index (χ0n) is 25.8. The van der Waals surface area contributed by atoms with Crippen LogP contribution in [0.1, 0.15) is 195 Å². The number of carboxylic acids is 1. The largest absolute Gasteiger partial charge is 0.550 e. The number of quaternary nitrogens is 1. The van der Waals surface area contributed by atoms with Gasteiger partial charge in [0.05, 0.1) is 0 Å².